The van der Waals surface area contributed by atoms with Crippen molar-refractivity contribution in [2.45, 2.75) is 44.7 Å². The number of hydrogen-bond donors (Lipinski definition) is 1. The first kappa shape index (κ1) is 12.3. The quantitative estimate of drug-likeness (QED) is 0.301. The minimum absolute atomic E-state index is 0.194. The van der Waals surface area contributed by atoms with Gasteiger partial charge in [-0.1, -0.05) is 12.8 Å². The molecule has 0 unspecified atom stereocenters. The Morgan fingerprint density at radius 2 is 1.69 bits per heavy atom. The van der Waals surface area contributed by atoms with Gasteiger partial charge >= 0.3 is 6.18 Å². The largest absolute Gasteiger partial charge is 0.411 e. The van der Waals surface area contributed by atoms with Crippen molar-refractivity contribution in [3.8, 4) is 0 Å². The van der Waals surface area contributed by atoms with Gasteiger partial charge in [0.2, 0.25) is 0 Å². The summed E-state index contributed by atoms with van der Waals surface area (Å²) in [5.41, 5.74) is 0. The first-order valence-corrected chi connectivity index (χ1v) is 4.29. The molecule has 0 rings (SSSR count). The topological polar surface area (TPSA) is 32.6 Å². The summed E-state index contributed by atoms with van der Waals surface area (Å²) in [5.74, 6) is 0. The molecule has 0 atom stereocenters. The van der Waals surface area contributed by atoms with E-state index in [9.17, 15) is 13.2 Å². The van der Waals surface area contributed by atoms with E-state index in [-0.39, 0.29) is 6.42 Å². The lowest BCUT2D eigenvalue weighted by molar-refractivity contribution is -0.135. The molecular formula is C8H14F3NO. The second kappa shape index (κ2) is 6.74. The molecule has 13 heavy (non-hydrogen) atoms. The van der Waals surface area contributed by atoms with Crippen LogP contribution in [0.25, 0.3) is 0 Å². The third kappa shape index (κ3) is 11.3. The normalized spacial score (nSPS) is 12.5. The SMILES string of the molecule is O/N=C/CCCCCCC(F)(F)F. The molecule has 2 nitrogen and oxygen atoms in total. The summed E-state index contributed by atoms with van der Waals surface area (Å²) >= 11 is 0. The summed E-state index contributed by atoms with van der Waals surface area (Å²) in [7, 11) is 0. The van der Waals surface area contributed by atoms with E-state index >= 15 is 0 Å². The molecule has 0 aromatic rings. The molecule has 0 aromatic carbocycles. The van der Waals surface area contributed by atoms with Gasteiger partial charge in [0.15, 0.2) is 0 Å². The zero-order chi connectivity index (χ0) is 10.2. The van der Waals surface area contributed by atoms with Gasteiger partial charge in [-0.05, 0) is 19.3 Å². The third-order valence-corrected chi connectivity index (χ3v) is 1.63. The van der Waals surface area contributed by atoms with Crippen LogP contribution in [0.3, 0.4) is 0 Å². The summed E-state index contributed by atoms with van der Waals surface area (Å²) < 4.78 is 34.9. The Balaban J connectivity index is 3.09. The van der Waals surface area contributed by atoms with Gasteiger partial charge in [0.25, 0.3) is 0 Å². The smallest absolute Gasteiger partial charge is 0.389 e. The lowest BCUT2D eigenvalue weighted by Crippen LogP contribution is -2.06. The molecule has 0 bridgehead atoms. The Morgan fingerprint density at radius 3 is 2.23 bits per heavy atom. The molecule has 0 aromatic heterocycles. The van der Waals surface area contributed by atoms with Crippen LogP contribution in [0.5, 0.6) is 0 Å². The number of halogens is 3. The molecule has 0 saturated heterocycles. The summed E-state index contributed by atoms with van der Waals surface area (Å²) in [4.78, 5) is 0. The Labute approximate surface area is 75.4 Å². The molecule has 0 radical (unpaired) electrons. The number of oxime groups is 1. The third-order valence-electron chi connectivity index (χ3n) is 1.63. The first-order chi connectivity index (χ1) is 6.06. The predicted molar refractivity (Wildman–Crippen MR) is 44.0 cm³/mol. The monoisotopic (exact) mass is 197 g/mol. The minimum Gasteiger partial charge on any atom is -0.411 e. The van der Waals surface area contributed by atoms with Crippen LogP contribution in [0.2, 0.25) is 0 Å². The van der Waals surface area contributed by atoms with E-state index < -0.39 is 12.6 Å². The first-order valence-electron chi connectivity index (χ1n) is 4.29. The highest BCUT2D eigenvalue weighted by Crippen LogP contribution is 2.22. The summed E-state index contributed by atoms with van der Waals surface area (Å²) in [5, 5.41) is 10.8. The van der Waals surface area contributed by atoms with Crippen molar-refractivity contribution in [1.29, 1.82) is 0 Å². The average Bonchev–Trinajstić information content (AvgIpc) is 2.01. The Bertz CT molecular complexity index is 145. The van der Waals surface area contributed by atoms with Crippen molar-refractivity contribution in [2.75, 3.05) is 0 Å². The van der Waals surface area contributed by atoms with E-state index in [2.05, 4.69) is 5.16 Å². The molecule has 0 amide bonds. The van der Waals surface area contributed by atoms with Crippen LogP contribution in [0.4, 0.5) is 13.2 Å². The van der Waals surface area contributed by atoms with Gasteiger partial charge in [0.05, 0.1) is 0 Å². The van der Waals surface area contributed by atoms with E-state index in [0.29, 0.717) is 12.8 Å². The van der Waals surface area contributed by atoms with Crippen LogP contribution in [0.15, 0.2) is 5.16 Å². The molecule has 0 spiro atoms. The summed E-state index contributed by atoms with van der Waals surface area (Å²) in [6.45, 7) is 0. The van der Waals surface area contributed by atoms with Crippen LogP contribution in [0.1, 0.15) is 38.5 Å². The lowest BCUT2D eigenvalue weighted by atomic mass is 10.1. The van der Waals surface area contributed by atoms with Crippen LogP contribution < -0.4 is 0 Å². The maximum Gasteiger partial charge on any atom is 0.389 e. The van der Waals surface area contributed by atoms with Crippen molar-refractivity contribution in [3.63, 3.8) is 0 Å². The Kier molecular flexibility index (Phi) is 6.36. The number of alkyl halides is 3. The van der Waals surface area contributed by atoms with Crippen molar-refractivity contribution >= 4 is 6.21 Å². The number of nitrogens with zero attached hydrogens (tertiary/aromatic N) is 1. The van der Waals surface area contributed by atoms with E-state index in [1.807, 2.05) is 0 Å². The zero-order valence-electron chi connectivity index (χ0n) is 7.35. The molecular weight excluding hydrogens is 183 g/mol. The average molecular weight is 197 g/mol. The molecule has 0 aliphatic heterocycles. The highest BCUT2D eigenvalue weighted by Gasteiger charge is 2.25. The fraction of sp³-hybridized carbons (Fsp3) is 0.875. The summed E-state index contributed by atoms with van der Waals surface area (Å²) in [6.07, 6.45) is -0.428. The van der Waals surface area contributed by atoms with Crippen molar-refractivity contribution < 1.29 is 18.4 Å². The van der Waals surface area contributed by atoms with Gasteiger partial charge < -0.3 is 5.21 Å². The standard InChI is InChI=1S/C8H14F3NO/c9-8(10,11)6-4-2-1-3-5-7-12-13/h7,13H,1-6H2/b12-7+. The maximum absolute atomic E-state index is 11.6. The molecule has 0 aliphatic rings. The highest BCUT2D eigenvalue weighted by atomic mass is 19.4. The van der Waals surface area contributed by atoms with Gasteiger partial charge in [-0.3, -0.25) is 0 Å². The molecule has 1 N–H and O–H groups in total. The fourth-order valence-corrected chi connectivity index (χ4v) is 0.972. The lowest BCUT2D eigenvalue weighted by Gasteiger charge is -2.04. The fourth-order valence-electron chi connectivity index (χ4n) is 0.972. The van der Waals surface area contributed by atoms with E-state index in [0.717, 1.165) is 12.8 Å². The molecule has 0 heterocycles. The number of rotatable bonds is 6. The molecule has 0 aliphatic carbocycles. The van der Waals surface area contributed by atoms with Gasteiger partial charge in [-0.2, -0.15) is 13.2 Å². The zero-order valence-corrected chi connectivity index (χ0v) is 7.35. The van der Waals surface area contributed by atoms with Gasteiger partial charge in [-0.25, -0.2) is 0 Å². The molecule has 5 heteroatoms. The van der Waals surface area contributed by atoms with Gasteiger partial charge in [0.1, 0.15) is 0 Å². The van der Waals surface area contributed by atoms with E-state index in [1.165, 1.54) is 6.21 Å². The van der Waals surface area contributed by atoms with Crippen LogP contribution in [-0.4, -0.2) is 17.6 Å². The second-order valence-electron chi connectivity index (χ2n) is 2.87. The van der Waals surface area contributed by atoms with E-state index in [1.54, 1.807) is 0 Å². The molecule has 78 valence electrons. The van der Waals surface area contributed by atoms with Crippen molar-refractivity contribution in [2.24, 2.45) is 5.16 Å². The second-order valence-corrected chi connectivity index (χ2v) is 2.87. The summed E-state index contributed by atoms with van der Waals surface area (Å²) in [6, 6.07) is 0. The van der Waals surface area contributed by atoms with Crippen molar-refractivity contribution in [1.82, 2.24) is 0 Å². The highest BCUT2D eigenvalue weighted by molar-refractivity contribution is 5.55. The molecule has 0 saturated carbocycles. The number of unbranched alkanes of at least 4 members (excludes halogenated alkanes) is 4. The minimum atomic E-state index is -4.02. The van der Waals surface area contributed by atoms with Crippen molar-refractivity contribution in [3.05, 3.63) is 0 Å². The van der Waals surface area contributed by atoms with Gasteiger partial charge in [-0.15, -0.1) is 5.16 Å². The van der Waals surface area contributed by atoms with E-state index in [4.69, 9.17) is 5.21 Å². The predicted octanol–water partition coefficient (Wildman–Crippen LogP) is 3.35. The Morgan fingerprint density at radius 1 is 1.08 bits per heavy atom. The van der Waals surface area contributed by atoms with Crippen LogP contribution >= 0.6 is 0 Å². The Hall–Kier alpha value is -0.740. The maximum atomic E-state index is 11.6. The van der Waals surface area contributed by atoms with Crippen LogP contribution in [0, 0.1) is 0 Å². The number of hydrogen-bond acceptors (Lipinski definition) is 2. The van der Waals surface area contributed by atoms with Crippen LogP contribution in [-0.2, 0) is 0 Å². The van der Waals surface area contributed by atoms with Gasteiger partial charge in [0, 0.05) is 12.6 Å². The molecule has 0 fully saturated rings.